The van der Waals surface area contributed by atoms with E-state index in [1.807, 2.05) is 0 Å². The van der Waals surface area contributed by atoms with E-state index in [0.29, 0.717) is 23.3 Å². The molecule has 3 aromatic rings. The molecular weight excluding hydrogens is 694 g/mol. The smallest absolute Gasteiger partial charge is 0.416 e. The summed E-state index contributed by atoms with van der Waals surface area (Å²) in [5, 5.41) is 14.4. The number of amides is 2. The monoisotopic (exact) mass is 738 g/mol. The number of hydrogen-bond acceptors (Lipinski definition) is 6. The van der Waals surface area contributed by atoms with Crippen molar-refractivity contribution < 1.29 is 55.2 Å². The molecule has 2 N–H and O–H groups in total. The highest BCUT2D eigenvalue weighted by atomic mass is 19.4. The predicted octanol–water partition coefficient (Wildman–Crippen LogP) is 9.16. The minimum Gasteiger partial charge on any atom is -0.445 e. The van der Waals surface area contributed by atoms with Gasteiger partial charge in [0.05, 0.1) is 47.1 Å². The van der Waals surface area contributed by atoms with Crippen LogP contribution in [0.3, 0.4) is 0 Å². The zero-order valence-electron chi connectivity index (χ0n) is 29.8. The summed E-state index contributed by atoms with van der Waals surface area (Å²) in [6.07, 6.45) is -13.1. The normalized spacial score (nSPS) is 20.6. The number of hydrogen-bond donors (Lipinski definition) is 2. The van der Waals surface area contributed by atoms with E-state index in [-0.39, 0.29) is 37.6 Å². The molecule has 0 saturated carbocycles. The highest BCUT2D eigenvalue weighted by Gasteiger charge is 2.57. The molecule has 1 fully saturated rings. The van der Waals surface area contributed by atoms with Crippen LogP contribution < -0.4 is 5.32 Å². The molecule has 3 aromatic carbocycles. The number of aliphatic hydroxyl groups is 1. The number of ether oxygens (including phenoxy) is 3. The van der Waals surface area contributed by atoms with Crippen molar-refractivity contribution in [2.24, 2.45) is 0 Å². The van der Waals surface area contributed by atoms with Crippen LogP contribution in [-0.2, 0) is 38.7 Å². The van der Waals surface area contributed by atoms with Crippen molar-refractivity contribution in [3.63, 3.8) is 0 Å². The van der Waals surface area contributed by atoms with Gasteiger partial charge in [0, 0.05) is 0 Å². The Bertz CT molecular complexity index is 1660. The Morgan fingerprint density at radius 2 is 1.38 bits per heavy atom. The van der Waals surface area contributed by atoms with E-state index in [9.17, 15) is 41.0 Å². The summed E-state index contributed by atoms with van der Waals surface area (Å²) < 4.78 is 99.8. The van der Waals surface area contributed by atoms with Crippen LogP contribution in [0.25, 0.3) is 0 Å². The second-order valence-electron chi connectivity index (χ2n) is 14.6. The number of halogens is 6. The standard InChI is InChI=1S/C38H44F6N2O6/c1-25(27-19-29(37(39,40)41)21-30(20-27)38(42,43)44)51-24-35(28-15-11-8-12-16-28)17-18-36(34(5,6)49,45-31(47)52-33(2,3)4)23-46(35)32(48)50-22-26-13-9-7-10-14-26/h7-16,19-21,25,49H,17-18,22-24H2,1-6H3,(H,45,47)/t25-,35-,36?/m1/s1. The lowest BCUT2D eigenvalue weighted by Gasteiger charge is -2.56. The Morgan fingerprint density at radius 1 is 0.846 bits per heavy atom. The molecule has 2 amide bonds. The second kappa shape index (κ2) is 15.0. The summed E-state index contributed by atoms with van der Waals surface area (Å²) in [6.45, 7) is 8.34. The molecular formula is C38H44F6N2O6. The number of benzene rings is 3. The zero-order chi connectivity index (χ0) is 38.8. The SMILES string of the molecule is C[C@@H](OC[C@@]1(c2ccccc2)CCC(NC(=O)OC(C)(C)C)(C(C)(C)O)CN1C(=O)OCc1ccccc1)c1cc(C(F)(F)F)cc(C(F)(F)F)c1. The first kappa shape index (κ1) is 40.5. The quantitative estimate of drug-likeness (QED) is 0.213. The van der Waals surface area contributed by atoms with Crippen LogP contribution in [0.1, 0.15) is 88.3 Å². The van der Waals surface area contributed by atoms with Gasteiger partial charge in [-0.25, -0.2) is 9.59 Å². The van der Waals surface area contributed by atoms with Crippen LogP contribution in [0.5, 0.6) is 0 Å². The van der Waals surface area contributed by atoms with E-state index in [2.05, 4.69) is 5.32 Å². The molecule has 0 bridgehead atoms. The number of nitrogens with zero attached hydrogens (tertiary/aromatic N) is 1. The molecule has 1 aliphatic rings. The largest absolute Gasteiger partial charge is 0.445 e. The summed E-state index contributed by atoms with van der Waals surface area (Å²) >= 11 is 0. The molecule has 0 spiro atoms. The fourth-order valence-electron chi connectivity index (χ4n) is 6.20. The number of piperidine rings is 1. The molecule has 1 aliphatic heterocycles. The molecule has 3 atom stereocenters. The number of likely N-dealkylation sites (tertiary alicyclic amines) is 1. The summed E-state index contributed by atoms with van der Waals surface area (Å²) in [5.41, 5.74) is -7.71. The topological polar surface area (TPSA) is 97.3 Å². The van der Waals surface area contributed by atoms with Gasteiger partial charge in [0.2, 0.25) is 0 Å². The zero-order valence-corrected chi connectivity index (χ0v) is 29.8. The average Bonchev–Trinajstić information content (AvgIpc) is 3.05. The minimum absolute atomic E-state index is 0.000347. The van der Waals surface area contributed by atoms with Crippen LogP contribution in [0, 0.1) is 0 Å². The van der Waals surface area contributed by atoms with E-state index in [1.54, 1.807) is 81.4 Å². The van der Waals surface area contributed by atoms with Crippen LogP contribution in [0.4, 0.5) is 35.9 Å². The second-order valence-corrected chi connectivity index (χ2v) is 14.6. The summed E-state index contributed by atoms with van der Waals surface area (Å²) in [6, 6.07) is 18.6. The van der Waals surface area contributed by atoms with Crippen molar-refractivity contribution >= 4 is 12.2 Å². The molecule has 0 aliphatic carbocycles. The molecule has 1 heterocycles. The first-order valence-corrected chi connectivity index (χ1v) is 16.6. The van der Waals surface area contributed by atoms with Crippen LogP contribution in [-0.4, -0.2) is 52.1 Å². The van der Waals surface area contributed by atoms with Crippen molar-refractivity contribution in [2.45, 2.75) is 102 Å². The van der Waals surface area contributed by atoms with E-state index in [0.717, 1.165) is 0 Å². The third kappa shape index (κ3) is 9.57. The maximum atomic E-state index is 14.3. The number of alkyl carbamates (subject to hydrolysis) is 1. The average molecular weight is 739 g/mol. The van der Waals surface area contributed by atoms with Gasteiger partial charge in [-0.3, -0.25) is 4.90 Å². The summed E-state index contributed by atoms with van der Waals surface area (Å²) in [4.78, 5) is 28.8. The van der Waals surface area contributed by atoms with E-state index in [4.69, 9.17) is 14.2 Å². The number of alkyl halides is 6. The Morgan fingerprint density at radius 3 is 1.88 bits per heavy atom. The van der Waals surface area contributed by atoms with Gasteiger partial charge in [-0.05, 0) is 89.3 Å². The van der Waals surface area contributed by atoms with Crippen molar-refractivity contribution in [1.29, 1.82) is 0 Å². The minimum atomic E-state index is -5.06. The van der Waals surface area contributed by atoms with Crippen molar-refractivity contribution in [2.75, 3.05) is 13.2 Å². The van der Waals surface area contributed by atoms with Crippen molar-refractivity contribution in [3.8, 4) is 0 Å². The van der Waals surface area contributed by atoms with Gasteiger partial charge in [-0.2, -0.15) is 26.3 Å². The van der Waals surface area contributed by atoms with Gasteiger partial charge < -0.3 is 24.6 Å². The van der Waals surface area contributed by atoms with Crippen molar-refractivity contribution in [3.05, 3.63) is 107 Å². The van der Waals surface area contributed by atoms with Gasteiger partial charge >= 0.3 is 24.5 Å². The molecule has 1 unspecified atom stereocenters. The lowest BCUT2D eigenvalue weighted by atomic mass is 9.69. The molecule has 284 valence electrons. The van der Waals surface area contributed by atoms with Gasteiger partial charge in [0.15, 0.2) is 0 Å². The van der Waals surface area contributed by atoms with E-state index < -0.39 is 70.7 Å². The highest BCUT2D eigenvalue weighted by molar-refractivity contribution is 5.72. The fraction of sp³-hybridized carbons (Fsp3) is 0.474. The third-order valence-corrected chi connectivity index (χ3v) is 9.21. The number of nitrogens with one attached hydrogen (secondary N) is 1. The van der Waals surface area contributed by atoms with Crippen LogP contribution in [0.2, 0.25) is 0 Å². The Hall–Kier alpha value is -4.30. The molecule has 52 heavy (non-hydrogen) atoms. The van der Waals surface area contributed by atoms with Gasteiger partial charge in [-0.1, -0.05) is 60.7 Å². The third-order valence-electron chi connectivity index (χ3n) is 9.21. The van der Waals surface area contributed by atoms with Gasteiger partial charge in [0.1, 0.15) is 12.2 Å². The molecule has 0 aromatic heterocycles. The lowest BCUT2D eigenvalue weighted by Crippen LogP contribution is -2.73. The maximum Gasteiger partial charge on any atom is 0.416 e. The Balaban J connectivity index is 1.80. The molecule has 1 saturated heterocycles. The Kier molecular flexibility index (Phi) is 11.7. The Labute approximate surface area is 299 Å². The number of rotatable bonds is 9. The van der Waals surface area contributed by atoms with Gasteiger partial charge in [-0.15, -0.1) is 0 Å². The first-order chi connectivity index (χ1) is 24.0. The maximum absolute atomic E-state index is 14.3. The summed E-state index contributed by atoms with van der Waals surface area (Å²) in [5.74, 6) is 0. The fourth-order valence-corrected chi connectivity index (χ4v) is 6.20. The van der Waals surface area contributed by atoms with Gasteiger partial charge in [0.25, 0.3) is 0 Å². The molecule has 4 rings (SSSR count). The van der Waals surface area contributed by atoms with Crippen LogP contribution in [0.15, 0.2) is 78.9 Å². The van der Waals surface area contributed by atoms with E-state index >= 15 is 0 Å². The molecule has 8 nitrogen and oxygen atoms in total. The van der Waals surface area contributed by atoms with Crippen molar-refractivity contribution in [1.82, 2.24) is 10.2 Å². The lowest BCUT2D eigenvalue weighted by molar-refractivity contribution is -0.143. The number of carbonyl (C=O) groups excluding carboxylic acids is 2. The van der Waals surface area contributed by atoms with Crippen LogP contribution >= 0.6 is 0 Å². The highest BCUT2D eigenvalue weighted by Crippen LogP contribution is 2.46. The predicted molar refractivity (Wildman–Crippen MR) is 180 cm³/mol. The molecule has 0 radical (unpaired) electrons. The molecule has 14 heteroatoms. The number of carbonyl (C=O) groups is 2. The first-order valence-electron chi connectivity index (χ1n) is 16.6. The van der Waals surface area contributed by atoms with E-state index in [1.165, 1.54) is 25.7 Å². The summed E-state index contributed by atoms with van der Waals surface area (Å²) in [7, 11) is 0.